The maximum absolute atomic E-state index is 12.6. The number of rotatable bonds is 6. The van der Waals surface area contributed by atoms with Gasteiger partial charge in [0.25, 0.3) is 5.91 Å². The minimum atomic E-state index is -3.05. The molecular formula is C18H22N4O3S. The highest BCUT2D eigenvalue weighted by Crippen LogP contribution is 2.18. The van der Waals surface area contributed by atoms with Crippen molar-refractivity contribution in [3.05, 3.63) is 42.1 Å². The van der Waals surface area contributed by atoms with Gasteiger partial charge in [0.05, 0.1) is 11.5 Å². The van der Waals surface area contributed by atoms with Gasteiger partial charge in [0.2, 0.25) is 0 Å². The molecule has 7 nitrogen and oxygen atoms in total. The molecule has 8 heteroatoms. The molecule has 2 N–H and O–H groups in total. The Balaban J connectivity index is 1.86. The summed E-state index contributed by atoms with van der Waals surface area (Å²) in [5.74, 6) is 0.739. The molecule has 1 unspecified atom stereocenters. The van der Waals surface area contributed by atoms with Gasteiger partial charge in [0.15, 0.2) is 15.7 Å². The zero-order valence-electron chi connectivity index (χ0n) is 14.6. The molecule has 3 rings (SSSR count). The number of aromatic nitrogens is 2. The molecule has 0 bridgehead atoms. The number of sulfone groups is 1. The van der Waals surface area contributed by atoms with Crippen LogP contribution in [0.4, 0.5) is 5.82 Å². The molecule has 0 aliphatic carbocycles. The molecule has 26 heavy (non-hydrogen) atoms. The largest absolute Gasteiger partial charge is 0.370 e. The molecule has 1 amide bonds. The quantitative estimate of drug-likeness (QED) is 0.801. The molecule has 1 aliphatic heterocycles. The van der Waals surface area contributed by atoms with E-state index in [-0.39, 0.29) is 29.1 Å². The van der Waals surface area contributed by atoms with Gasteiger partial charge in [-0.3, -0.25) is 4.79 Å². The Morgan fingerprint density at radius 1 is 1.23 bits per heavy atom. The molecule has 1 aromatic heterocycles. The van der Waals surface area contributed by atoms with Gasteiger partial charge in [-0.2, -0.15) is 0 Å². The Morgan fingerprint density at radius 2 is 2.00 bits per heavy atom. The second-order valence-corrected chi connectivity index (χ2v) is 8.56. The molecule has 0 radical (unpaired) electrons. The minimum Gasteiger partial charge on any atom is -0.370 e. The predicted octanol–water partition coefficient (Wildman–Crippen LogP) is 1.88. The SMILES string of the molecule is CCCNc1cc(C(=O)NC2CCS(=O)(=O)C2)nc(-c2ccccc2)n1. The summed E-state index contributed by atoms with van der Waals surface area (Å²) in [6.45, 7) is 2.77. The van der Waals surface area contributed by atoms with Crippen LogP contribution in [0.15, 0.2) is 36.4 Å². The van der Waals surface area contributed by atoms with Crippen molar-refractivity contribution in [1.29, 1.82) is 0 Å². The fourth-order valence-corrected chi connectivity index (χ4v) is 4.47. The lowest BCUT2D eigenvalue weighted by Gasteiger charge is -2.13. The van der Waals surface area contributed by atoms with Crippen LogP contribution in [0.5, 0.6) is 0 Å². The first kappa shape index (κ1) is 18.3. The van der Waals surface area contributed by atoms with Crippen molar-refractivity contribution in [3.8, 4) is 11.4 Å². The third-order valence-electron chi connectivity index (χ3n) is 4.11. The van der Waals surface area contributed by atoms with Gasteiger partial charge in [-0.15, -0.1) is 0 Å². The number of hydrogen-bond donors (Lipinski definition) is 2. The first-order valence-electron chi connectivity index (χ1n) is 8.66. The molecule has 1 aromatic carbocycles. The van der Waals surface area contributed by atoms with E-state index in [9.17, 15) is 13.2 Å². The van der Waals surface area contributed by atoms with E-state index in [4.69, 9.17) is 0 Å². The van der Waals surface area contributed by atoms with E-state index in [1.807, 2.05) is 37.3 Å². The van der Waals surface area contributed by atoms with E-state index in [0.717, 1.165) is 18.5 Å². The van der Waals surface area contributed by atoms with E-state index in [1.165, 1.54) is 0 Å². The number of amides is 1. The van der Waals surface area contributed by atoms with Crippen LogP contribution < -0.4 is 10.6 Å². The maximum Gasteiger partial charge on any atom is 0.270 e. The monoisotopic (exact) mass is 374 g/mol. The number of nitrogens with one attached hydrogen (secondary N) is 2. The second-order valence-electron chi connectivity index (χ2n) is 6.33. The Kier molecular flexibility index (Phi) is 5.51. The third kappa shape index (κ3) is 4.57. The Morgan fingerprint density at radius 3 is 2.65 bits per heavy atom. The van der Waals surface area contributed by atoms with Crippen molar-refractivity contribution in [2.45, 2.75) is 25.8 Å². The van der Waals surface area contributed by atoms with E-state index < -0.39 is 9.84 Å². The second kappa shape index (κ2) is 7.82. The molecular weight excluding hydrogens is 352 g/mol. The number of anilines is 1. The highest BCUT2D eigenvalue weighted by Gasteiger charge is 2.29. The standard InChI is InChI=1S/C18H22N4O3S/c1-2-9-19-16-11-15(18(23)20-14-8-10-26(24,25)12-14)21-17(22-16)13-6-4-3-5-7-13/h3-7,11,14H,2,8-10,12H2,1H3,(H,20,23)(H,19,21,22). The summed E-state index contributed by atoms with van der Waals surface area (Å²) in [5.41, 5.74) is 1.03. The van der Waals surface area contributed by atoms with Crippen LogP contribution in [0.2, 0.25) is 0 Å². The Bertz CT molecular complexity index is 885. The molecule has 0 saturated carbocycles. The number of nitrogens with zero attached hydrogens (tertiary/aromatic N) is 2. The fraction of sp³-hybridized carbons (Fsp3) is 0.389. The van der Waals surface area contributed by atoms with Crippen molar-refractivity contribution < 1.29 is 13.2 Å². The molecule has 138 valence electrons. The zero-order chi connectivity index (χ0) is 18.6. The van der Waals surface area contributed by atoms with Crippen LogP contribution >= 0.6 is 0 Å². The third-order valence-corrected chi connectivity index (χ3v) is 5.88. The zero-order valence-corrected chi connectivity index (χ0v) is 15.4. The average molecular weight is 374 g/mol. The first-order valence-corrected chi connectivity index (χ1v) is 10.5. The average Bonchev–Trinajstić information content (AvgIpc) is 2.98. The van der Waals surface area contributed by atoms with E-state index >= 15 is 0 Å². The molecule has 1 saturated heterocycles. The Hall–Kier alpha value is -2.48. The van der Waals surface area contributed by atoms with Crippen LogP contribution in [-0.2, 0) is 9.84 Å². The van der Waals surface area contributed by atoms with Gasteiger partial charge in [-0.1, -0.05) is 37.3 Å². The summed E-state index contributed by atoms with van der Waals surface area (Å²) < 4.78 is 23.2. The lowest BCUT2D eigenvalue weighted by atomic mass is 10.2. The number of carbonyl (C=O) groups is 1. The first-order chi connectivity index (χ1) is 12.5. The summed E-state index contributed by atoms with van der Waals surface area (Å²) in [6, 6.07) is 10.7. The highest BCUT2D eigenvalue weighted by molar-refractivity contribution is 7.91. The number of hydrogen-bond acceptors (Lipinski definition) is 6. The normalized spacial score (nSPS) is 18.4. The van der Waals surface area contributed by atoms with Crippen molar-refractivity contribution in [3.63, 3.8) is 0 Å². The number of carbonyl (C=O) groups excluding carboxylic acids is 1. The van der Waals surface area contributed by atoms with Gasteiger partial charge in [-0.25, -0.2) is 18.4 Å². The van der Waals surface area contributed by atoms with Crippen LogP contribution in [-0.4, -0.2) is 48.4 Å². The highest BCUT2D eigenvalue weighted by atomic mass is 32.2. The fourth-order valence-electron chi connectivity index (χ4n) is 2.79. The van der Waals surface area contributed by atoms with Gasteiger partial charge in [-0.05, 0) is 12.8 Å². The van der Waals surface area contributed by atoms with Crippen LogP contribution in [0.25, 0.3) is 11.4 Å². The predicted molar refractivity (Wildman–Crippen MR) is 101 cm³/mol. The van der Waals surface area contributed by atoms with Crippen LogP contribution in [0, 0.1) is 0 Å². The van der Waals surface area contributed by atoms with Crippen molar-refractivity contribution >= 4 is 21.6 Å². The molecule has 1 aliphatic rings. The van der Waals surface area contributed by atoms with Crippen molar-refractivity contribution in [2.75, 3.05) is 23.4 Å². The summed E-state index contributed by atoms with van der Waals surface area (Å²) in [6.07, 6.45) is 1.36. The van der Waals surface area contributed by atoms with Crippen LogP contribution in [0.1, 0.15) is 30.3 Å². The smallest absolute Gasteiger partial charge is 0.270 e. The van der Waals surface area contributed by atoms with E-state index in [1.54, 1.807) is 6.07 Å². The molecule has 1 fully saturated rings. The summed E-state index contributed by atoms with van der Waals surface area (Å²) in [4.78, 5) is 21.5. The lowest BCUT2D eigenvalue weighted by molar-refractivity contribution is 0.0936. The van der Waals surface area contributed by atoms with Gasteiger partial charge < -0.3 is 10.6 Å². The molecule has 0 spiro atoms. The number of benzene rings is 1. The van der Waals surface area contributed by atoms with Gasteiger partial charge >= 0.3 is 0 Å². The molecule has 1 atom stereocenters. The topological polar surface area (TPSA) is 101 Å². The Labute approximate surface area is 153 Å². The molecule has 2 heterocycles. The van der Waals surface area contributed by atoms with Gasteiger partial charge in [0, 0.05) is 24.2 Å². The summed E-state index contributed by atoms with van der Waals surface area (Å²) in [5, 5.41) is 5.96. The van der Waals surface area contributed by atoms with Gasteiger partial charge in [0.1, 0.15) is 11.5 Å². The maximum atomic E-state index is 12.6. The lowest BCUT2D eigenvalue weighted by Crippen LogP contribution is -2.36. The van der Waals surface area contributed by atoms with Crippen molar-refractivity contribution in [1.82, 2.24) is 15.3 Å². The summed E-state index contributed by atoms with van der Waals surface area (Å²) in [7, 11) is -3.05. The van der Waals surface area contributed by atoms with E-state index in [2.05, 4.69) is 20.6 Å². The molecule has 2 aromatic rings. The van der Waals surface area contributed by atoms with Crippen LogP contribution in [0.3, 0.4) is 0 Å². The minimum absolute atomic E-state index is 0.0176. The van der Waals surface area contributed by atoms with Crippen molar-refractivity contribution in [2.24, 2.45) is 0 Å². The summed E-state index contributed by atoms with van der Waals surface area (Å²) >= 11 is 0. The van der Waals surface area contributed by atoms with E-state index in [0.29, 0.717) is 18.1 Å².